The molecule has 6 rings (SSSR count). The lowest BCUT2D eigenvalue weighted by Gasteiger charge is -2.72. The van der Waals surface area contributed by atoms with Gasteiger partial charge in [0, 0.05) is 31.3 Å². The zero-order chi connectivity index (χ0) is 44.6. The molecule has 0 aromatic rings. The maximum atomic E-state index is 14.6. The van der Waals surface area contributed by atoms with Crippen LogP contribution in [0.2, 0.25) is 0 Å². The largest absolute Gasteiger partial charge is 0.475 e. The molecule has 5 aliphatic heterocycles. The highest BCUT2D eigenvalue weighted by Gasteiger charge is 2.82. The first-order chi connectivity index (χ1) is 28.8. The smallest absolute Gasteiger partial charge is 0.463 e. The van der Waals surface area contributed by atoms with E-state index in [4.69, 9.17) is 36.8 Å². The van der Waals surface area contributed by atoms with Crippen LogP contribution in [-0.4, -0.2) is 138 Å². The van der Waals surface area contributed by atoms with E-state index in [1.807, 2.05) is 38.4 Å². The first-order valence-electron chi connectivity index (χ1n) is 20.2. The van der Waals surface area contributed by atoms with E-state index in [1.54, 1.807) is 0 Å². The number of carbonyl (C=O) groups excluding carboxylic acids is 6. The van der Waals surface area contributed by atoms with Crippen LogP contribution in [-0.2, 0) is 60.6 Å². The third-order valence-electron chi connectivity index (χ3n) is 12.1. The summed E-state index contributed by atoms with van der Waals surface area (Å²) in [5, 5.41) is 23.3. The van der Waals surface area contributed by atoms with Crippen LogP contribution in [0.25, 0.3) is 0 Å². The number of hydrogen-bond acceptors (Lipinski definition) is 18. The number of nitriles is 2. The summed E-state index contributed by atoms with van der Waals surface area (Å²) in [6, 6.07) is -0.380. The predicted octanol–water partition coefficient (Wildman–Crippen LogP) is 3.11. The van der Waals surface area contributed by atoms with Gasteiger partial charge in [0.05, 0.1) is 80.2 Å². The number of phosphoric ester groups is 1. The third kappa shape index (κ3) is 8.82. The van der Waals surface area contributed by atoms with Crippen LogP contribution in [0.3, 0.4) is 0 Å². The standard InChI is InChI=1S/C37H53N7O15P2/c1-20(2)44(21(3)4)60(53-14-8-12-38)58-23-16-27-42-30-31-37(7,36(30,6)32(47)40-34(42)49)33(48)41-35(50)43(31)28-17-24(25(56-28)18-52-29(46)11-10-22(5)45)59-61(51,54-15-9-13-39)55-19-26(23)57-27/h20-21,23-28,30-31H,8-11,14-19H2,1-7H3,(H,40,47,49)(H,41,48,50)/t23-,24-,25+,26+,27+,28+,30?,31?,36-,37+,60?,61?/m0/s1. The lowest BCUT2D eigenvalue weighted by molar-refractivity contribution is -0.242. The number of ether oxygens (including phenoxy) is 3. The van der Waals surface area contributed by atoms with Gasteiger partial charge in [-0.3, -0.25) is 48.4 Å². The molecule has 0 spiro atoms. The van der Waals surface area contributed by atoms with Crippen molar-refractivity contribution in [1.29, 1.82) is 10.5 Å². The Kier molecular flexibility index (Phi) is 14.3. The van der Waals surface area contributed by atoms with Gasteiger partial charge in [-0.25, -0.2) is 18.8 Å². The average molecular weight is 898 g/mol. The van der Waals surface area contributed by atoms with Crippen molar-refractivity contribution in [2.24, 2.45) is 10.8 Å². The monoisotopic (exact) mass is 897 g/mol. The van der Waals surface area contributed by atoms with Gasteiger partial charge in [0.2, 0.25) is 11.8 Å². The minimum absolute atomic E-state index is 0.0349. The first-order valence-corrected chi connectivity index (χ1v) is 22.8. The van der Waals surface area contributed by atoms with Crippen LogP contribution in [0.15, 0.2) is 0 Å². The molecule has 0 aromatic carbocycles. The third-order valence-corrected chi connectivity index (χ3v) is 15.7. The molecule has 1 saturated carbocycles. The molecule has 2 N–H and O–H groups in total. The normalized spacial score (nSPS) is 36.1. The van der Waals surface area contributed by atoms with E-state index in [0.29, 0.717) is 0 Å². The molecule has 4 unspecified atom stereocenters. The summed E-state index contributed by atoms with van der Waals surface area (Å²) in [5.41, 5.74) is -3.27. The lowest BCUT2D eigenvalue weighted by atomic mass is 9.42. The summed E-state index contributed by atoms with van der Waals surface area (Å²) in [5.74, 6) is -2.49. The molecule has 4 bridgehead atoms. The fourth-order valence-corrected chi connectivity index (χ4v) is 12.2. The lowest BCUT2D eigenvalue weighted by Crippen LogP contribution is -2.92. The van der Waals surface area contributed by atoms with Crippen LogP contribution in [0.1, 0.15) is 87.0 Å². The van der Waals surface area contributed by atoms with E-state index in [2.05, 4.69) is 16.7 Å². The quantitative estimate of drug-likeness (QED) is 0.128. The Bertz CT molecular complexity index is 1890. The number of amides is 6. The maximum Gasteiger partial charge on any atom is 0.475 e. The molecule has 1 aliphatic carbocycles. The van der Waals surface area contributed by atoms with Crippen LogP contribution >= 0.6 is 16.3 Å². The van der Waals surface area contributed by atoms with E-state index in [9.17, 15) is 43.9 Å². The van der Waals surface area contributed by atoms with Crippen LogP contribution < -0.4 is 10.6 Å². The first kappa shape index (κ1) is 46.8. The Labute approximate surface area is 354 Å². The van der Waals surface area contributed by atoms with Gasteiger partial charge in [-0.05, 0) is 48.5 Å². The Hall–Kier alpha value is -3.66. The number of hydrogen-bond donors (Lipinski definition) is 2. The van der Waals surface area contributed by atoms with Gasteiger partial charge in [0.15, 0.2) is 0 Å². The number of fused-ring (bicyclic) bond motifs is 7. The van der Waals surface area contributed by atoms with E-state index in [-0.39, 0.29) is 63.0 Å². The molecule has 5 heterocycles. The molecule has 0 radical (unpaired) electrons. The van der Waals surface area contributed by atoms with Crippen molar-refractivity contribution >= 4 is 52.0 Å². The number of imide groups is 2. The number of urea groups is 2. The molecule has 6 fully saturated rings. The topological polar surface area (TPSA) is 275 Å². The maximum absolute atomic E-state index is 14.6. The molecule has 6 aliphatic rings. The fraction of sp³-hybridized carbons (Fsp3) is 0.784. The van der Waals surface area contributed by atoms with E-state index in [1.165, 1.54) is 30.6 Å². The number of carbonyl (C=O) groups is 6. The Morgan fingerprint density at radius 1 is 0.902 bits per heavy atom. The summed E-state index contributed by atoms with van der Waals surface area (Å²) < 4.78 is 65.5. The van der Waals surface area contributed by atoms with E-state index in [0.717, 1.165) is 0 Å². The summed E-state index contributed by atoms with van der Waals surface area (Å²) in [6.07, 6.45) is -7.85. The van der Waals surface area contributed by atoms with Crippen molar-refractivity contribution in [2.45, 2.75) is 148 Å². The van der Waals surface area contributed by atoms with Gasteiger partial charge >= 0.3 is 25.9 Å². The number of ketones is 1. The zero-order valence-corrected chi connectivity index (χ0v) is 36.9. The van der Waals surface area contributed by atoms with Gasteiger partial charge in [-0.1, -0.05) is 0 Å². The molecule has 24 heteroatoms. The van der Waals surface area contributed by atoms with Crippen molar-refractivity contribution in [1.82, 2.24) is 25.1 Å². The van der Waals surface area contributed by atoms with Crippen molar-refractivity contribution in [3.63, 3.8) is 0 Å². The summed E-state index contributed by atoms with van der Waals surface area (Å²) in [6.45, 7) is 10.8. The fourth-order valence-electron chi connectivity index (χ4n) is 9.04. The van der Waals surface area contributed by atoms with Crippen LogP contribution in [0.4, 0.5) is 9.59 Å². The van der Waals surface area contributed by atoms with Crippen molar-refractivity contribution < 1.29 is 70.2 Å². The Morgan fingerprint density at radius 3 is 2.03 bits per heavy atom. The second kappa shape index (κ2) is 18.6. The highest BCUT2D eigenvalue weighted by molar-refractivity contribution is 7.48. The molecule has 0 aromatic heterocycles. The second-order valence-electron chi connectivity index (χ2n) is 16.6. The van der Waals surface area contributed by atoms with Crippen molar-refractivity contribution in [3.05, 3.63) is 0 Å². The molecule has 5 saturated heterocycles. The number of esters is 1. The number of phosphoric acid groups is 1. The minimum atomic E-state index is -4.71. The highest BCUT2D eigenvalue weighted by Crippen LogP contribution is 2.65. The number of rotatable bonds is 16. The second-order valence-corrected chi connectivity index (χ2v) is 19.6. The number of nitrogens with one attached hydrogen (secondary N) is 2. The van der Waals surface area contributed by atoms with E-state index < -0.39 is 126 Å². The Balaban J connectivity index is 1.44. The van der Waals surface area contributed by atoms with E-state index >= 15 is 0 Å². The zero-order valence-electron chi connectivity index (χ0n) is 35.1. The van der Waals surface area contributed by atoms with Crippen molar-refractivity contribution in [3.8, 4) is 12.1 Å². The summed E-state index contributed by atoms with van der Waals surface area (Å²) >= 11 is 0. The van der Waals surface area contributed by atoms with Crippen molar-refractivity contribution in [2.75, 3.05) is 26.4 Å². The Morgan fingerprint density at radius 2 is 1.48 bits per heavy atom. The minimum Gasteiger partial charge on any atom is -0.463 e. The molecule has 22 nitrogen and oxygen atoms in total. The van der Waals surface area contributed by atoms with Crippen LogP contribution in [0, 0.1) is 33.5 Å². The van der Waals surface area contributed by atoms with Gasteiger partial charge in [-0.2, -0.15) is 10.5 Å². The average Bonchev–Trinajstić information content (AvgIpc) is 3.77. The summed E-state index contributed by atoms with van der Waals surface area (Å²) in [4.78, 5) is 82.7. The van der Waals surface area contributed by atoms with Gasteiger partial charge in [-0.15, -0.1) is 0 Å². The predicted molar refractivity (Wildman–Crippen MR) is 207 cm³/mol. The molecular formula is C37H53N7O15P2. The summed E-state index contributed by atoms with van der Waals surface area (Å²) in [7, 11) is -6.62. The number of Topliss-reactive ketones (excluding diaryl/α,β-unsaturated/α-hetero) is 1. The van der Waals surface area contributed by atoms with Gasteiger partial charge in [0.1, 0.15) is 43.2 Å². The van der Waals surface area contributed by atoms with Crippen LogP contribution in [0.5, 0.6) is 0 Å². The SMILES string of the molecule is CC(=O)CCC(=O)OC[C@H]1O[C@@H]2C[C@@H]1OP(=O)(OCCC#N)OC[C@H]1O[C@H](C[C@@H]1OP(OCCC#N)N(C(C)C)C(C)C)N1C(=O)NC(=O)[C@]3(C)C1C1N2C(=O)NC(=O)[C@@]13C. The van der Waals surface area contributed by atoms with Gasteiger partial charge < -0.3 is 28.1 Å². The molecule has 61 heavy (non-hydrogen) atoms. The molecule has 12 atom stereocenters. The molecular weight excluding hydrogens is 844 g/mol. The molecule has 6 amide bonds. The molecule has 336 valence electrons. The highest BCUT2D eigenvalue weighted by atomic mass is 31.2. The number of nitrogens with zero attached hydrogens (tertiary/aromatic N) is 5. The van der Waals surface area contributed by atoms with Gasteiger partial charge in [0.25, 0.3) is 8.53 Å².